The smallest absolute Gasteiger partial charge is 0.251 e. The zero-order valence-electron chi connectivity index (χ0n) is 7.43. The summed E-state index contributed by atoms with van der Waals surface area (Å²) in [6, 6.07) is 0.658. The van der Waals surface area contributed by atoms with Crippen LogP contribution in [0, 0.1) is 0 Å². The fourth-order valence-electron chi connectivity index (χ4n) is 2.67. The third-order valence-corrected chi connectivity index (χ3v) is 3.53. The summed E-state index contributed by atoms with van der Waals surface area (Å²) >= 11 is 6.03. The number of piperidine rings is 1. The molecule has 2 rings (SSSR count). The van der Waals surface area contributed by atoms with Crippen molar-refractivity contribution in [1.29, 1.82) is 0 Å². The Morgan fingerprint density at radius 1 is 1.23 bits per heavy atom. The predicted octanol–water partition coefficient (Wildman–Crippen LogP) is 2.49. The van der Waals surface area contributed by atoms with E-state index in [1.54, 1.807) is 0 Å². The van der Waals surface area contributed by atoms with Crippen molar-refractivity contribution >= 4 is 11.6 Å². The molecule has 2 aliphatic rings. The zero-order chi connectivity index (χ0) is 9.42. The second-order valence-electron chi connectivity index (χ2n) is 4.04. The van der Waals surface area contributed by atoms with E-state index in [0.29, 0.717) is 12.1 Å². The molecule has 0 aromatic heterocycles. The van der Waals surface area contributed by atoms with Gasteiger partial charge in [0.1, 0.15) is 0 Å². The van der Waals surface area contributed by atoms with Gasteiger partial charge in [-0.15, -0.1) is 11.6 Å². The molecule has 2 bridgehead atoms. The molecule has 0 aromatic carbocycles. The van der Waals surface area contributed by atoms with Gasteiger partial charge >= 0.3 is 0 Å². The molecule has 2 unspecified atom stereocenters. The van der Waals surface area contributed by atoms with E-state index in [1.165, 1.54) is 0 Å². The molecule has 13 heavy (non-hydrogen) atoms. The highest BCUT2D eigenvalue weighted by molar-refractivity contribution is 6.20. The molecule has 0 radical (unpaired) electrons. The van der Waals surface area contributed by atoms with Gasteiger partial charge in [0.05, 0.1) is 6.54 Å². The first-order valence-electron chi connectivity index (χ1n) is 4.85. The second-order valence-corrected chi connectivity index (χ2v) is 4.66. The van der Waals surface area contributed by atoms with E-state index < -0.39 is 6.43 Å². The standard InChI is InChI=1S/C9H14ClF2N/c10-6-3-7-1-2-8(4-6)13(7)5-9(11)12/h6-9H,1-5H2. The van der Waals surface area contributed by atoms with Gasteiger partial charge in [0.25, 0.3) is 6.43 Å². The van der Waals surface area contributed by atoms with Crippen LogP contribution in [0.2, 0.25) is 0 Å². The lowest BCUT2D eigenvalue weighted by Crippen LogP contribution is -2.45. The van der Waals surface area contributed by atoms with Gasteiger partial charge in [-0.1, -0.05) is 0 Å². The van der Waals surface area contributed by atoms with Gasteiger partial charge in [-0.2, -0.15) is 0 Å². The quantitative estimate of drug-likeness (QED) is 0.632. The Kier molecular flexibility index (Phi) is 2.75. The van der Waals surface area contributed by atoms with Crippen molar-refractivity contribution in [2.24, 2.45) is 0 Å². The molecule has 0 aliphatic carbocycles. The molecule has 2 fully saturated rings. The van der Waals surface area contributed by atoms with Crippen LogP contribution in [0.25, 0.3) is 0 Å². The number of alkyl halides is 3. The molecule has 2 aliphatic heterocycles. The average molecular weight is 210 g/mol. The average Bonchev–Trinajstić information content (AvgIpc) is 2.32. The van der Waals surface area contributed by atoms with Gasteiger partial charge in [0, 0.05) is 17.5 Å². The van der Waals surface area contributed by atoms with Crippen molar-refractivity contribution < 1.29 is 8.78 Å². The number of fused-ring (bicyclic) bond motifs is 2. The molecule has 2 atom stereocenters. The summed E-state index contributed by atoms with van der Waals surface area (Å²) in [5.74, 6) is 0. The van der Waals surface area contributed by atoms with Gasteiger partial charge < -0.3 is 0 Å². The first kappa shape index (κ1) is 9.66. The molecule has 0 aromatic rings. The first-order valence-corrected chi connectivity index (χ1v) is 5.28. The van der Waals surface area contributed by atoms with E-state index in [-0.39, 0.29) is 11.9 Å². The van der Waals surface area contributed by atoms with Crippen LogP contribution >= 0.6 is 11.6 Å². The van der Waals surface area contributed by atoms with Crippen LogP contribution < -0.4 is 0 Å². The molecule has 0 spiro atoms. The minimum Gasteiger partial charge on any atom is -0.292 e. The SMILES string of the molecule is FC(F)CN1C2CCC1CC(Cl)C2. The van der Waals surface area contributed by atoms with Gasteiger partial charge in [0.15, 0.2) is 0 Å². The molecule has 0 saturated carbocycles. The Morgan fingerprint density at radius 3 is 2.23 bits per heavy atom. The topological polar surface area (TPSA) is 3.24 Å². The third-order valence-electron chi connectivity index (χ3n) is 3.18. The molecular weight excluding hydrogens is 196 g/mol. The summed E-state index contributed by atoms with van der Waals surface area (Å²) in [4.78, 5) is 1.96. The lowest BCUT2D eigenvalue weighted by atomic mass is 10.0. The number of nitrogens with zero attached hydrogens (tertiary/aromatic N) is 1. The number of halogens is 3. The lowest BCUT2D eigenvalue weighted by molar-refractivity contribution is 0.0456. The third kappa shape index (κ3) is 1.96. The van der Waals surface area contributed by atoms with Crippen LogP contribution in [0.15, 0.2) is 0 Å². The normalized spacial score (nSPS) is 40.2. The molecule has 0 N–H and O–H groups in total. The molecule has 4 heteroatoms. The second kappa shape index (κ2) is 3.70. The maximum Gasteiger partial charge on any atom is 0.251 e. The van der Waals surface area contributed by atoms with Crippen molar-refractivity contribution in [2.75, 3.05) is 6.54 Å². The highest BCUT2D eigenvalue weighted by atomic mass is 35.5. The van der Waals surface area contributed by atoms with E-state index in [2.05, 4.69) is 0 Å². The van der Waals surface area contributed by atoms with E-state index in [1.807, 2.05) is 4.90 Å². The van der Waals surface area contributed by atoms with E-state index in [9.17, 15) is 8.78 Å². The van der Waals surface area contributed by atoms with Crippen molar-refractivity contribution in [3.05, 3.63) is 0 Å². The van der Waals surface area contributed by atoms with Gasteiger partial charge in [-0.05, 0) is 25.7 Å². The monoisotopic (exact) mass is 209 g/mol. The minimum atomic E-state index is -2.20. The summed E-state index contributed by atoms with van der Waals surface area (Å²) in [6.07, 6.45) is 1.70. The Bertz CT molecular complexity index is 174. The summed E-state index contributed by atoms with van der Waals surface area (Å²) in [7, 11) is 0. The van der Waals surface area contributed by atoms with Crippen LogP contribution in [0.4, 0.5) is 8.78 Å². The number of hydrogen-bond acceptors (Lipinski definition) is 1. The van der Waals surface area contributed by atoms with Crippen molar-refractivity contribution in [3.8, 4) is 0 Å². The predicted molar refractivity (Wildman–Crippen MR) is 48.4 cm³/mol. The van der Waals surface area contributed by atoms with Crippen LogP contribution in [0.5, 0.6) is 0 Å². The minimum absolute atomic E-state index is 0.0566. The summed E-state index contributed by atoms with van der Waals surface area (Å²) in [5, 5.41) is 0.214. The summed E-state index contributed by atoms with van der Waals surface area (Å²) in [5.41, 5.74) is 0. The molecule has 0 amide bonds. The van der Waals surface area contributed by atoms with Gasteiger partial charge in [-0.25, -0.2) is 8.78 Å². The largest absolute Gasteiger partial charge is 0.292 e. The summed E-state index contributed by atoms with van der Waals surface area (Å²) in [6.45, 7) is -0.0566. The van der Waals surface area contributed by atoms with Crippen LogP contribution in [0.3, 0.4) is 0 Å². The molecule has 2 heterocycles. The number of rotatable bonds is 2. The fraction of sp³-hybridized carbons (Fsp3) is 1.00. The highest BCUT2D eigenvalue weighted by Gasteiger charge is 2.40. The van der Waals surface area contributed by atoms with E-state index in [0.717, 1.165) is 25.7 Å². The molecule has 76 valence electrons. The maximum atomic E-state index is 12.2. The van der Waals surface area contributed by atoms with Crippen LogP contribution in [-0.2, 0) is 0 Å². The molecular formula is C9H14ClF2N. The highest BCUT2D eigenvalue weighted by Crippen LogP contribution is 2.37. The summed E-state index contributed by atoms with van der Waals surface area (Å²) < 4.78 is 24.4. The Hall–Kier alpha value is 0.110. The zero-order valence-corrected chi connectivity index (χ0v) is 8.18. The maximum absolute atomic E-state index is 12.2. The Morgan fingerprint density at radius 2 is 1.77 bits per heavy atom. The number of hydrogen-bond donors (Lipinski definition) is 0. The fourth-order valence-corrected chi connectivity index (χ4v) is 3.08. The van der Waals surface area contributed by atoms with E-state index >= 15 is 0 Å². The Balaban J connectivity index is 1.98. The van der Waals surface area contributed by atoms with E-state index in [4.69, 9.17) is 11.6 Å². The van der Waals surface area contributed by atoms with Crippen molar-refractivity contribution in [2.45, 2.75) is 49.6 Å². The lowest BCUT2D eigenvalue weighted by Gasteiger charge is -2.36. The van der Waals surface area contributed by atoms with Crippen LogP contribution in [0.1, 0.15) is 25.7 Å². The van der Waals surface area contributed by atoms with Crippen LogP contribution in [-0.4, -0.2) is 35.3 Å². The van der Waals surface area contributed by atoms with Gasteiger partial charge in [-0.3, -0.25) is 4.90 Å². The molecule has 1 nitrogen and oxygen atoms in total. The Labute approximate surface area is 82.0 Å². The molecule has 2 saturated heterocycles. The first-order chi connectivity index (χ1) is 6.16. The van der Waals surface area contributed by atoms with Gasteiger partial charge in [0.2, 0.25) is 0 Å². The van der Waals surface area contributed by atoms with Crippen molar-refractivity contribution in [1.82, 2.24) is 4.90 Å². The van der Waals surface area contributed by atoms with Crippen molar-refractivity contribution in [3.63, 3.8) is 0 Å².